The van der Waals surface area contributed by atoms with Crippen molar-refractivity contribution >= 4 is 0 Å². The summed E-state index contributed by atoms with van der Waals surface area (Å²) in [7, 11) is 0. The Morgan fingerprint density at radius 3 is 2.76 bits per heavy atom. The Morgan fingerprint density at radius 2 is 2.12 bits per heavy atom. The quantitative estimate of drug-likeness (QED) is 0.861. The Bertz CT molecular complexity index is 457. The molecule has 0 radical (unpaired) electrons. The van der Waals surface area contributed by atoms with Crippen LogP contribution >= 0.6 is 0 Å². The number of halogens is 2. The lowest BCUT2D eigenvalue weighted by Gasteiger charge is -2.21. The number of rotatable bonds is 2. The van der Waals surface area contributed by atoms with Gasteiger partial charge >= 0.3 is 0 Å². The van der Waals surface area contributed by atoms with Crippen LogP contribution in [0.4, 0.5) is 8.78 Å². The minimum atomic E-state index is -0.768. The Balaban J connectivity index is 2.39. The number of nitrogens with two attached hydrogens (primary N) is 1. The third-order valence-electron chi connectivity index (χ3n) is 2.99. The largest absolute Gasteiger partial charge is 0.501 e. The van der Waals surface area contributed by atoms with Gasteiger partial charge in [0.1, 0.15) is 11.6 Å². The molecule has 1 aromatic rings. The predicted molar refractivity (Wildman–Crippen MR) is 61.3 cm³/mol. The van der Waals surface area contributed by atoms with Crippen LogP contribution in [-0.2, 0) is 4.74 Å². The smallest absolute Gasteiger partial charge is 0.134 e. The summed E-state index contributed by atoms with van der Waals surface area (Å²) in [6.45, 7) is 2.23. The van der Waals surface area contributed by atoms with Gasteiger partial charge in [0.15, 0.2) is 0 Å². The van der Waals surface area contributed by atoms with Crippen LogP contribution in [0, 0.1) is 18.6 Å². The molecule has 0 saturated carbocycles. The van der Waals surface area contributed by atoms with E-state index in [0.717, 1.165) is 12.0 Å². The molecular weight excluding hydrogens is 224 g/mol. The molecule has 2 nitrogen and oxygen atoms in total. The molecule has 1 heterocycles. The lowest BCUT2D eigenvalue weighted by molar-refractivity contribution is 0.221. The summed E-state index contributed by atoms with van der Waals surface area (Å²) in [5.41, 5.74) is 6.98. The highest BCUT2D eigenvalue weighted by molar-refractivity contribution is 5.34. The zero-order valence-electron chi connectivity index (χ0n) is 9.67. The first-order valence-electron chi connectivity index (χ1n) is 5.62. The average Bonchev–Trinajstić information content (AvgIpc) is 2.35. The lowest BCUT2D eigenvalue weighted by atomic mass is 9.94. The predicted octanol–water partition coefficient (Wildman–Crippen LogP) is 2.97. The van der Waals surface area contributed by atoms with E-state index in [4.69, 9.17) is 10.5 Å². The van der Waals surface area contributed by atoms with Gasteiger partial charge in [0.05, 0.1) is 18.9 Å². The van der Waals surface area contributed by atoms with Gasteiger partial charge in [-0.25, -0.2) is 8.78 Å². The molecule has 0 spiro atoms. The molecule has 4 heteroatoms. The zero-order valence-corrected chi connectivity index (χ0v) is 9.67. The van der Waals surface area contributed by atoms with Crippen molar-refractivity contribution in [2.75, 3.05) is 6.61 Å². The fourth-order valence-electron chi connectivity index (χ4n) is 1.96. The van der Waals surface area contributed by atoms with Crippen LogP contribution in [0.5, 0.6) is 0 Å². The van der Waals surface area contributed by atoms with Gasteiger partial charge in [-0.15, -0.1) is 0 Å². The molecular formula is C13H15F2NO. The standard InChI is InChI=1S/C13H15F2NO/c1-8-4-5-10(14)11(12(8)15)13(16)9-3-2-6-17-7-9/h4-5,7,13H,2-3,6,16H2,1H3. The van der Waals surface area contributed by atoms with E-state index < -0.39 is 17.7 Å². The minimum absolute atomic E-state index is 0.0678. The highest BCUT2D eigenvalue weighted by atomic mass is 19.1. The topological polar surface area (TPSA) is 35.2 Å². The lowest BCUT2D eigenvalue weighted by Crippen LogP contribution is -2.19. The van der Waals surface area contributed by atoms with E-state index in [-0.39, 0.29) is 5.56 Å². The van der Waals surface area contributed by atoms with Crippen LogP contribution in [0.2, 0.25) is 0 Å². The second kappa shape index (κ2) is 4.84. The molecule has 0 saturated heterocycles. The van der Waals surface area contributed by atoms with Crippen molar-refractivity contribution in [3.8, 4) is 0 Å². The first-order valence-corrected chi connectivity index (χ1v) is 5.62. The van der Waals surface area contributed by atoms with Gasteiger partial charge in [-0.3, -0.25) is 0 Å². The molecule has 17 heavy (non-hydrogen) atoms. The molecule has 2 rings (SSSR count). The molecule has 0 aromatic heterocycles. The van der Waals surface area contributed by atoms with E-state index >= 15 is 0 Å². The summed E-state index contributed by atoms with van der Waals surface area (Å²) in [5, 5.41) is 0. The molecule has 0 bridgehead atoms. The van der Waals surface area contributed by atoms with E-state index in [1.165, 1.54) is 18.4 Å². The van der Waals surface area contributed by atoms with Gasteiger partial charge in [-0.05, 0) is 37.0 Å². The minimum Gasteiger partial charge on any atom is -0.501 e. The number of hydrogen-bond donors (Lipinski definition) is 1. The summed E-state index contributed by atoms with van der Waals surface area (Å²) in [6.07, 6.45) is 3.07. The summed E-state index contributed by atoms with van der Waals surface area (Å²) in [6, 6.07) is 1.89. The van der Waals surface area contributed by atoms with Gasteiger partial charge in [0, 0.05) is 5.56 Å². The molecule has 0 fully saturated rings. The maximum Gasteiger partial charge on any atom is 0.134 e. The van der Waals surface area contributed by atoms with E-state index in [2.05, 4.69) is 0 Å². The van der Waals surface area contributed by atoms with Gasteiger partial charge in [0.25, 0.3) is 0 Å². The summed E-state index contributed by atoms with van der Waals surface area (Å²) >= 11 is 0. The third kappa shape index (κ3) is 2.31. The molecule has 0 amide bonds. The molecule has 92 valence electrons. The second-order valence-electron chi connectivity index (χ2n) is 4.24. The fraction of sp³-hybridized carbons (Fsp3) is 0.385. The van der Waals surface area contributed by atoms with E-state index in [9.17, 15) is 8.78 Å². The zero-order chi connectivity index (χ0) is 12.4. The number of hydrogen-bond acceptors (Lipinski definition) is 2. The second-order valence-corrected chi connectivity index (χ2v) is 4.24. The van der Waals surface area contributed by atoms with E-state index in [1.54, 1.807) is 6.92 Å². The Morgan fingerprint density at radius 1 is 1.35 bits per heavy atom. The van der Waals surface area contributed by atoms with Crippen LogP contribution in [0.15, 0.2) is 24.0 Å². The van der Waals surface area contributed by atoms with Crippen LogP contribution in [0.3, 0.4) is 0 Å². The number of ether oxygens (including phenoxy) is 1. The van der Waals surface area contributed by atoms with Crippen molar-refractivity contribution in [1.29, 1.82) is 0 Å². The van der Waals surface area contributed by atoms with Gasteiger partial charge in [0.2, 0.25) is 0 Å². The molecule has 1 atom stereocenters. The molecule has 1 aliphatic heterocycles. The van der Waals surface area contributed by atoms with Gasteiger partial charge < -0.3 is 10.5 Å². The molecule has 1 unspecified atom stereocenters. The maximum absolute atomic E-state index is 13.9. The third-order valence-corrected chi connectivity index (χ3v) is 2.99. The summed E-state index contributed by atoms with van der Waals surface area (Å²) in [5.74, 6) is -1.17. The van der Waals surface area contributed by atoms with Crippen molar-refractivity contribution in [1.82, 2.24) is 0 Å². The van der Waals surface area contributed by atoms with Crippen LogP contribution in [0.1, 0.15) is 30.0 Å². The van der Waals surface area contributed by atoms with E-state index in [0.29, 0.717) is 18.6 Å². The monoisotopic (exact) mass is 239 g/mol. The van der Waals surface area contributed by atoms with Crippen LogP contribution in [-0.4, -0.2) is 6.61 Å². The average molecular weight is 239 g/mol. The summed E-state index contributed by atoms with van der Waals surface area (Å²) in [4.78, 5) is 0. The SMILES string of the molecule is Cc1ccc(F)c(C(N)C2=COCCC2)c1F. The van der Waals surface area contributed by atoms with Crippen molar-refractivity contribution in [2.45, 2.75) is 25.8 Å². The highest BCUT2D eigenvalue weighted by Gasteiger charge is 2.22. The van der Waals surface area contributed by atoms with Crippen molar-refractivity contribution in [3.05, 3.63) is 46.7 Å². The summed E-state index contributed by atoms with van der Waals surface area (Å²) < 4.78 is 32.7. The van der Waals surface area contributed by atoms with Gasteiger partial charge in [-0.2, -0.15) is 0 Å². The first-order chi connectivity index (χ1) is 8.11. The molecule has 1 aromatic carbocycles. The molecule has 1 aliphatic rings. The Kier molecular flexibility index (Phi) is 3.43. The number of aryl methyl sites for hydroxylation is 1. The van der Waals surface area contributed by atoms with Crippen molar-refractivity contribution in [2.24, 2.45) is 5.73 Å². The van der Waals surface area contributed by atoms with Crippen molar-refractivity contribution < 1.29 is 13.5 Å². The molecule has 0 aliphatic carbocycles. The Labute approximate surface area is 99.1 Å². The Hall–Kier alpha value is -1.42. The highest BCUT2D eigenvalue weighted by Crippen LogP contribution is 2.30. The normalized spacial score (nSPS) is 17.3. The van der Waals surface area contributed by atoms with Crippen LogP contribution < -0.4 is 5.73 Å². The first kappa shape index (κ1) is 12.0. The fourth-order valence-corrected chi connectivity index (χ4v) is 1.96. The van der Waals surface area contributed by atoms with Crippen LogP contribution in [0.25, 0.3) is 0 Å². The van der Waals surface area contributed by atoms with E-state index in [1.807, 2.05) is 0 Å². The van der Waals surface area contributed by atoms with Crippen molar-refractivity contribution in [3.63, 3.8) is 0 Å². The maximum atomic E-state index is 13.9. The van der Waals surface area contributed by atoms with Gasteiger partial charge in [-0.1, -0.05) is 6.07 Å². The molecule has 2 N–H and O–H groups in total. The number of benzene rings is 1.